The Hall–Kier alpha value is -0.0800. The Morgan fingerprint density at radius 1 is 0.929 bits per heavy atom. The van der Waals surface area contributed by atoms with Crippen LogP contribution in [-0.4, -0.2) is 18.8 Å². The third-order valence-corrected chi connectivity index (χ3v) is 2.74. The van der Waals surface area contributed by atoms with Crippen LogP contribution in [0.2, 0.25) is 0 Å². The Kier molecular flexibility index (Phi) is 6.38. The summed E-state index contributed by atoms with van der Waals surface area (Å²) in [6, 6.07) is 0.244. The summed E-state index contributed by atoms with van der Waals surface area (Å²) in [5, 5.41) is 0. The van der Waals surface area contributed by atoms with E-state index < -0.39 is 0 Å². The van der Waals surface area contributed by atoms with Crippen LogP contribution in [0.4, 0.5) is 0 Å². The maximum Gasteiger partial charge on any atom is 0.0519 e. The molecular weight excluding hydrogens is 174 g/mol. The molecule has 2 nitrogen and oxygen atoms in total. The van der Waals surface area contributed by atoms with E-state index in [1.54, 1.807) is 0 Å². The SMILES string of the molecule is CC(C)OCC(C(C)C)C(N)C(C)C. The van der Waals surface area contributed by atoms with E-state index in [0.717, 1.165) is 6.61 Å². The van der Waals surface area contributed by atoms with Crippen LogP contribution < -0.4 is 5.73 Å². The molecule has 0 aromatic rings. The summed E-state index contributed by atoms with van der Waals surface area (Å²) in [5.74, 6) is 1.58. The average molecular weight is 201 g/mol. The molecule has 0 radical (unpaired) electrons. The van der Waals surface area contributed by atoms with Gasteiger partial charge < -0.3 is 10.5 Å². The number of nitrogens with two attached hydrogens (primary N) is 1. The molecule has 0 saturated heterocycles. The molecule has 2 N–H and O–H groups in total. The van der Waals surface area contributed by atoms with Crippen molar-refractivity contribution >= 4 is 0 Å². The van der Waals surface area contributed by atoms with Crippen molar-refractivity contribution in [1.82, 2.24) is 0 Å². The first-order valence-corrected chi connectivity index (χ1v) is 5.73. The van der Waals surface area contributed by atoms with E-state index in [0.29, 0.717) is 23.9 Å². The number of rotatable bonds is 6. The number of hydrogen-bond acceptors (Lipinski definition) is 2. The minimum Gasteiger partial charge on any atom is -0.378 e. The lowest BCUT2D eigenvalue weighted by atomic mass is 9.84. The van der Waals surface area contributed by atoms with Crippen molar-refractivity contribution < 1.29 is 4.74 Å². The molecule has 0 spiro atoms. The second kappa shape index (κ2) is 6.41. The first-order chi connectivity index (χ1) is 6.36. The van der Waals surface area contributed by atoms with E-state index in [1.165, 1.54) is 0 Å². The van der Waals surface area contributed by atoms with Gasteiger partial charge in [0.2, 0.25) is 0 Å². The Bertz CT molecular complexity index is 143. The Labute approximate surface area is 89.2 Å². The van der Waals surface area contributed by atoms with E-state index in [9.17, 15) is 0 Å². The maximum atomic E-state index is 6.17. The predicted octanol–water partition coefficient (Wildman–Crippen LogP) is 2.67. The minimum atomic E-state index is 0.244. The van der Waals surface area contributed by atoms with E-state index in [1.807, 2.05) is 0 Å². The average Bonchev–Trinajstić information content (AvgIpc) is 2.02. The van der Waals surface area contributed by atoms with Crippen molar-refractivity contribution in [2.24, 2.45) is 23.5 Å². The summed E-state index contributed by atoms with van der Waals surface area (Å²) in [6.07, 6.45) is 0.301. The lowest BCUT2D eigenvalue weighted by molar-refractivity contribution is 0.0260. The maximum absolute atomic E-state index is 6.17. The van der Waals surface area contributed by atoms with Crippen molar-refractivity contribution in [1.29, 1.82) is 0 Å². The smallest absolute Gasteiger partial charge is 0.0519 e. The van der Waals surface area contributed by atoms with Crippen LogP contribution in [0.1, 0.15) is 41.5 Å². The molecule has 86 valence electrons. The molecule has 2 unspecified atom stereocenters. The lowest BCUT2D eigenvalue weighted by Crippen LogP contribution is -2.40. The largest absolute Gasteiger partial charge is 0.378 e. The molecule has 0 amide bonds. The van der Waals surface area contributed by atoms with Crippen molar-refractivity contribution in [3.8, 4) is 0 Å². The van der Waals surface area contributed by atoms with Crippen molar-refractivity contribution in [3.05, 3.63) is 0 Å². The molecule has 0 aliphatic rings. The van der Waals surface area contributed by atoms with Gasteiger partial charge in [0.25, 0.3) is 0 Å². The monoisotopic (exact) mass is 201 g/mol. The fourth-order valence-electron chi connectivity index (χ4n) is 1.55. The molecule has 0 aromatic heterocycles. The van der Waals surface area contributed by atoms with Crippen LogP contribution in [0.15, 0.2) is 0 Å². The molecule has 0 bridgehead atoms. The van der Waals surface area contributed by atoms with E-state index in [4.69, 9.17) is 10.5 Å². The summed E-state index contributed by atoms with van der Waals surface area (Å²) < 4.78 is 5.66. The fourth-order valence-corrected chi connectivity index (χ4v) is 1.55. The molecular formula is C12H27NO. The summed E-state index contributed by atoms with van der Waals surface area (Å²) in [5.41, 5.74) is 6.17. The van der Waals surface area contributed by atoms with Crippen LogP contribution in [0.5, 0.6) is 0 Å². The fraction of sp³-hybridized carbons (Fsp3) is 1.00. The summed E-state index contributed by atoms with van der Waals surface area (Å²) in [4.78, 5) is 0. The zero-order chi connectivity index (χ0) is 11.3. The van der Waals surface area contributed by atoms with Gasteiger partial charge in [0.05, 0.1) is 12.7 Å². The van der Waals surface area contributed by atoms with Crippen LogP contribution in [-0.2, 0) is 4.74 Å². The number of hydrogen-bond donors (Lipinski definition) is 1. The second-order valence-corrected chi connectivity index (χ2v) is 5.11. The standard InChI is InChI=1S/C12H27NO/c1-8(2)11(7-14-10(5)6)12(13)9(3)4/h8-12H,7,13H2,1-6H3. The van der Waals surface area contributed by atoms with Gasteiger partial charge >= 0.3 is 0 Å². The van der Waals surface area contributed by atoms with Gasteiger partial charge in [-0.25, -0.2) is 0 Å². The molecule has 0 aliphatic carbocycles. The van der Waals surface area contributed by atoms with Crippen molar-refractivity contribution in [3.63, 3.8) is 0 Å². The van der Waals surface area contributed by atoms with Gasteiger partial charge in [0.1, 0.15) is 0 Å². The van der Waals surface area contributed by atoms with Crippen LogP contribution in [0, 0.1) is 17.8 Å². The lowest BCUT2D eigenvalue weighted by Gasteiger charge is -2.30. The van der Waals surface area contributed by atoms with Crippen LogP contribution in [0.3, 0.4) is 0 Å². The van der Waals surface area contributed by atoms with Crippen molar-refractivity contribution in [2.75, 3.05) is 6.61 Å². The minimum absolute atomic E-state index is 0.244. The van der Waals surface area contributed by atoms with Gasteiger partial charge in [-0.3, -0.25) is 0 Å². The Morgan fingerprint density at radius 2 is 1.43 bits per heavy atom. The van der Waals surface area contributed by atoms with Gasteiger partial charge in [0, 0.05) is 6.04 Å². The van der Waals surface area contributed by atoms with Gasteiger partial charge in [-0.2, -0.15) is 0 Å². The van der Waals surface area contributed by atoms with E-state index >= 15 is 0 Å². The van der Waals surface area contributed by atoms with Gasteiger partial charge in [-0.1, -0.05) is 27.7 Å². The molecule has 0 saturated carbocycles. The molecule has 14 heavy (non-hydrogen) atoms. The second-order valence-electron chi connectivity index (χ2n) is 5.11. The van der Waals surface area contributed by atoms with Crippen molar-refractivity contribution in [2.45, 2.75) is 53.7 Å². The summed E-state index contributed by atoms with van der Waals surface area (Å²) >= 11 is 0. The Morgan fingerprint density at radius 3 is 1.71 bits per heavy atom. The highest BCUT2D eigenvalue weighted by atomic mass is 16.5. The third-order valence-electron chi connectivity index (χ3n) is 2.74. The highest BCUT2D eigenvalue weighted by Gasteiger charge is 2.24. The molecule has 0 heterocycles. The quantitative estimate of drug-likeness (QED) is 0.717. The van der Waals surface area contributed by atoms with Gasteiger partial charge in [-0.15, -0.1) is 0 Å². The molecule has 0 rings (SSSR count). The van der Waals surface area contributed by atoms with Gasteiger partial charge in [0.15, 0.2) is 0 Å². The zero-order valence-corrected chi connectivity index (χ0v) is 10.6. The molecule has 2 heteroatoms. The highest BCUT2D eigenvalue weighted by molar-refractivity contribution is 4.78. The van der Waals surface area contributed by atoms with E-state index in [-0.39, 0.29) is 6.04 Å². The van der Waals surface area contributed by atoms with Crippen LogP contribution in [0.25, 0.3) is 0 Å². The van der Waals surface area contributed by atoms with Crippen LogP contribution >= 0.6 is 0 Å². The summed E-state index contributed by atoms with van der Waals surface area (Å²) in [6.45, 7) is 13.7. The zero-order valence-electron chi connectivity index (χ0n) is 10.6. The molecule has 0 fully saturated rings. The molecule has 2 atom stereocenters. The third kappa shape index (κ3) is 4.97. The molecule has 0 aliphatic heterocycles. The number of ether oxygens (including phenoxy) is 1. The molecule has 0 aromatic carbocycles. The van der Waals surface area contributed by atoms with E-state index in [2.05, 4.69) is 41.5 Å². The topological polar surface area (TPSA) is 35.2 Å². The summed E-state index contributed by atoms with van der Waals surface area (Å²) in [7, 11) is 0. The highest BCUT2D eigenvalue weighted by Crippen LogP contribution is 2.20. The first-order valence-electron chi connectivity index (χ1n) is 5.73. The van der Waals surface area contributed by atoms with Gasteiger partial charge in [-0.05, 0) is 31.6 Å². The normalized spacial score (nSPS) is 16.7. The Balaban J connectivity index is 4.15. The predicted molar refractivity (Wildman–Crippen MR) is 62.2 cm³/mol. The first kappa shape index (κ1) is 13.9.